The highest BCUT2D eigenvalue weighted by atomic mass is 16.1. The fraction of sp³-hybridized carbons (Fsp3) is 0.929. The van der Waals surface area contributed by atoms with Crippen LogP contribution in [0.5, 0.6) is 0 Å². The number of rotatable bonds is 6. The maximum Gasteiger partial charge on any atom is 0.221 e. The molecule has 2 aliphatic rings. The van der Waals surface area contributed by atoms with E-state index in [1.807, 2.05) is 0 Å². The quantitative estimate of drug-likeness (QED) is 0.742. The van der Waals surface area contributed by atoms with Crippen LogP contribution in [-0.2, 0) is 4.79 Å². The van der Waals surface area contributed by atoms with E-state index in [4.69, 9.17) is 0 Å². The molecule has 2 bridgehead atoms. The monoisotopic (exact) mass is 238 g/mol. The summed E-state index contributed by atoms with van der Waals surface area (Å²) < 4.78 is 0. The van der Waals surface area contributed by atoms with E-state index >= 15 is 0 Å². The van der Waals surface area contributed by atoms with E-state index in [2.05, 4.69) is 24.5 Å². The van der Waals surface area contributed by atoms with Gasteiger partial charge in [0.1, 0.15) is 0 Å². The van der Waals surface area contributed by atoms with Crippen molar-refractivity contribution in [2.24, 2.45) is 17.8 Å². The summed E-state index contributed by atoms with van der Waals surface area (Å²) in [6.45, 7) is 5.92. The normalized spacial score (nSPS) is 31.1. The zero-order valence-corrected chi connectivity index (χ0v) is 11.2. The first-order chi connectivity index (χ1) is 8.15. The summed E-state index contributed by atoms with van der Waals surface area (Å²) >= 11 is 0. The van der Waals surface area contributed by atoms with Crippen LogP contribution in [0, 0.1) is 17.8 Å². The van der Waals surface area contributed by atoms with Gasteiger partial charge in [-0.05, 0) is 37.0 Å². The Kier molecular flexibility index (Phi) is 4.43. The van der Waals surface area contributed by atoms with Crippen molar-refractivity contribution in [2.45, 2.75) is 52.0 Å². The second kappa shape index (κ2) is 5.85. The van der Waals surface area contributed by atoms with Gasteiger partial charge in [-0.2, -0.15) is 0 Å². The van der Waals surface area contributed by atoms with Gasteiger partial charge < -0.3 is 10.6 Å². The Hall–Kier alpha value is -0.570. The van der Waals surface area contributed by atoms with Crippen molar-refractivity contribution in [3.63, 3.8) is 0 Å². The third-order valence-corrected chi connectivity index (χ3v) is 4.35. The molecular formula is C14H26N2O. The summed E-state index contributed by atoms with van der Waals surface area (Å²) in [5.74, 6) is 2.87. The van der Waals surface area contributed by atoms with Gasteiger partial charge in [0, 0.05) is 25.6 Å². The van der Waals surface area contributed by atoms with Gasteiger partial charge in [-0.25, -0.2) is 0 Å². The van der Waals surface area contributed by atoms with E-state index in [0.717, 1.165) is 30.8 Å². The average molecular weight is 238 g/mol. The molecule has 17 heavy (non-hydrogen) atoms. The van der Waals surface area contributed by atoms with E-state index in [0.29, 0.717) is 12.5 Å². The molecule has 3 heteroatoms. The number of nitrogens with one attached hydrogen (secondary N) is 2. The summed E-state index contributed by atoms with van der Waals surface area (Å²) in [7, 11) is 0. The lowest BCUT2D eigenvalue weighted by Crippen LogP contribution is -2.34. The first kappa shape index (κ1) is 12.9. The summed E-state index contributed by atoms with van der Waals surface area (Å²) in [5.41, 5.74) is 0. The van der Waals surface area contributed by atoms with Crippen LogP contribution in [0.25, 0.3) is 0 Å². The first-order valence-electron chi connectivity index (χ1n) is 7.15. The second-order valence-corrected chi connectivity index (χ2v) is 6.10. The van der Waals surface area contributed by atoms with Crippen molar-refractivity contribution in [3.05, 3.63) is 0 Å². The van der Waals surface area contributed by atoms with Gasteiger partial charge in [-0.1, -0.05) is 20.3 Å². The minimum Gasteiger partial charge on any atom is -0.356 e. The third-order valence-electron chi connectivity index (χ3n) is 4.35. The average Bonchev–Trinajstić information content (AvgIpc) is 2.87. The highest BCUT2D eigenvalue weighted by Gasteiger charge is 2.39. The summed E-state index contributed by atoms with van der Waals surface area (Å²) in [5, 5.41) is 6.37. The Balaban J connectivity index is 1.57. The molecule has 2 fully saturated rings. The molecule has 0 radical (unpaired) electrons. The summed E-state index contributed by atoms with van der Waals surface area (Å²) in [6.07, 6.45) is 6.23. The predicted octanol–water partition coefficient (Wildman–Crippen LogP) is 1.93. The molecule has 0 spiro atoms. The zero-order chi connectivity index (χ0) is 12.3. The lowest BCUT2D eigenvalue weighted by Gasteiger charge is -2.21. The van der Waals surface area contributed by atoms with Gasteiger partial charge in [0.25, 0.3) is 0 Å². The molecule has 98 valence electrons. The molecule has 0 aliphatic heterocycles. The molecule has 2 rings (SSSR count). The van der Waals surface area contributed by atoms with Crippen LogP contribution < -0.4 is 10.6 Å². The fourth-order valence-electron chi connectivity index (χ4n) is 3.43. The molecular weight excluding hydrogens is 212 g/mol. The van der Waals surface area contributed by atoms with Gasteiger partial charge >= 0.3 is 0 Å². The molecule has 3 unspecified atom stereocenters. The standard InChI is InChI=1S/C14H26N2O/c1-10(2)15-6-5-14(17)16-9-13-8-11-3-4-12(13)7-11/h10-13,15H,3-9H2,1-2H3,(H,16,17). The topological polar surface area (TPSA) is 41.1 Å². The van der Waals surface area contributed by atoms with Crippen molar-refractivity contribution in [1.82, 2.24) is 10.6 Å². The molecule has 0 aromatic rings. The molecule has 2 aliphatic carbocycles. The summed E-state index contributed by atoms with van der Waals surface area (Å²) in [4.78, 5) is 11.6. The number of carbonyl (C=O) groups is 1. The van der Waals surface area contributed by atoms with Crippen LogP contribution in [0.1, 0.15) is 46.0 Å². The van der Waals surface area contributed by atoms with Crippen LogP contribution in [0.15, 0.2) is 0 Å². The molecule has 0 aromatic carbocycles. The molecule has 0 saturated heterocycles. The van der Waals surface area contributed by atoms with Crippen LogP contribution in [0.4, 0.5) is 0 Å². The number of fused-ring (bicyclic) bond motifs is 2. The lowest BCUT2D eigenvalue weighted by atomic mass is 9.89. The second-order valence-electron chi connectivity index (χ2n) is 6.10. The highest BCUT2D eigenvalue weighted by molar-refractivity contribution is 5.76. The summed E-state index contributed by atoms with van der Waals surface area (Å²) in [6, 6.07) is 0.466. The Morgan fingerprint density at radius 2 is 2.12 bits per heavy atom. The number of carbonyl (C=O) groups excluding carboxylic acids is 1. The lowest BCUT2D eigenvalue weighted by molar-refractivity contribution is -0.121. The van der Waals surface area contributed by atoms with Crippen molar-refractivity contribution >= 4 is 5.91 Å². The van der Waals surface area contributed by atoms with Gasteiger partial charge in [-0.15, -0.1) is 0 Å². The van der Waals surface area contributed by atoms with E-state index in [9.17, 15) is 4.79 Å². The smallest absolute Gasteiger partial charge is 0.221 e. The SMILES string of the molecule is CC(C)NCCC(=O)NCC1CC2CCC1C2. The third kappa shape index (κ3) is 3.70. The largest absolute Gasteiger partial charge is 0.356 e. The van der Waals surface area contributed by atoms with Crippen molar-refractivity contribution in [1.29, 1.82) is 0 Å². The Bertz CT molecular complexity index is 265. The molecule has 2 N–H and O–H groups in total. The van der Waals surface area contributed by atoms with Gasteiger partial charge in [0.15, 0.2) is 0 Å². The fourth-order valence-corrected chi connectivity index (χ4v) is 3.43. The number of hydrogen-bond acceptors (Lipinski definition) is 2. The first-order valence-corrected chi connectivity index (χ1v) is 7.15. The van der Waals surface area contributed by atoms with Crippen LogP contribution in [0.2, 0.25) is 0 Å². The number of hydrogen-bond donors (Lipinski definition) is 2. The maximum atomic E-state index is 11.6. The van der Waals surface area contributed by atoms with E-state index in [1.165, 1.54) is 25.7 Å². The van der Waals surface area contributed by atoms with Crippen LogP contribution in [0.3, 0.4) is 0 Å². The zero-order valence-electron chi connectivity index (χ0n) is 11.2. The molecule has 0 aromatic heterocycles. The van der Waals surface area contributed by atoms with Crippen molar-refractivity contribution in [2.75, 3.05) is 13.1 Å². The molecule has 1 amide bonds. The molecule has 2 saturated carbocycles. The van der Waals surface area contributed by atoms with E-state index < -0.39 is 0 Å². The molecule has 0 heterocycles. The van der Waals surface area contributed by atoms with Gasteiger partial charge in [0.05, 0.1) is 0 Å². The van der Waals surface area contributed by atoms with Gasteiger partial charge in [0.2, 0.25) is 5.91 Å². The molecule has 3 nitrogen and oxygen atoms in total. The Morgan fingerprint density at radius 1 is 1.29 bits per heavy atom. The maximum absolute atomic E-state index is 11.6. The highest BCUT2D eigenvalue weighted by Crippen LogP contribution is 2.47. The Morgan fingerprint density at radius 3 is 2.71 bits per heavy atom. The van der Waals surface area contributed by atoms with E-state index in [1.54, 1.807) is 0 Å². The van der Waals surface area contributed by atoms with Crippen LogP contribution in [-0.4, -0.2) is 25.0 Å². The number of amides is 1. The van der Waals surface area contributed by atoms with Crippen molar-refractivity contribution < 1.29 is 4.79 Å². The minimum atomic E-state index is 0.209. The molecule has 3 atom stereocenters. The van der Waals surface area contributed by atoms with Crippen molar-refractivity contribution in [3.8, 4) is 0 Å². The van der Waals surface area contributed by atoms with Crippen LogP contribution >= 0.6 is 0 Å². The minimum absolute atomic E-state index is 0.209. The Labute approximate surface area is 105 Å². The predicted molar refractivity (Wildman–Crippen MR) is 69.7 cm³/mol. The van der Waals surface area contributed by atoms with E-state index in [-0.39, 0.29) is 5.91 Å². The van der Waals surface area contributed by atoms with Gasteiger partial charge in [-0.3, -0.25) is 4.79 Å².